The highest BCUT2D eigenvalue weighted by Gasteiger charge is 2.21. The van der Waals surface area contributed by atoms with Gasteiger partial charge in [0.15, 0.2) is 5.78 Å². The van der Waals surface area contributed by atoms with Crippen molar-refractivity contribution in [2.75, 3.05) is 13.1 Å². The molecule has 1 aliphatic rings. The first-order valence-corrected chi connectivity index (χ1v) is 5.88. The van der Waals surface area contributed by atoms with Crippen molar-refractivity contribution in [2.24, 2.45) is 0 Å². The number of nitrogens with zero attached hydrogens (tertiary/aromatic N) is 1. The maximum Gasteiger partial charge on any atom is 0.415 e. The number of carbonyl (C=O) groups excluding carboxylic acids is 2. The summed E-state index contributed by atoms with van der Waals surface area (Å²) in [6.07, 6.45) is 2.17. The summed E-state index contributed by atoms with van der Waals surface area (Å²) in [7, 11) is 0. The van der Waals surface area contributed by atoms with Crippen LogP contribution in [-0.2, 0) is 4.79 Å². The van der Waals surface area contributed by atoms with E-state index in [0.717, 1.165) is 0 Å². The van der Waals surface area contributed by atoms with Crippen molar-refractivity contribution in [1.29, 1.82) is 0 Å². The molecule has 1 aliphatic heterocycles. The molecule has 0 bridgehead atoms. The summed E-state index contributed by atoms with van der Waals surface area (Å²) in [5.74, 6) is 0.522. The number of para-hydroxylation sites is 1. The number of carbonyl (C=O) groups is 2. The summed E-state index contributed by atoms with van der Waals surface area (Å²) in [5, 5.41) is 0. The van der Waals surface area contributed by atoms with E-state index < -0.39 is 6.09 Å². The van der Waals surface area contributed by atoms with Gasteiger partial charge in [-0.2, -0.15) is 0 Å². The third-order valence-electron chi connectivity index (χ3n) is 2.81. The van der Waals surface area contributed by atoms with E-state index >= 15 is 0 Å². The van der Waals surface area contributed by atoms with Crippen molar-refractivity contribution < 1.29 is 14.3 Å². The second-order valence-electron chi connectivity index (χ2n) is 4.18. The monoisotopic (exact) mass is 245 g/mol. The molecule has 4 nitrogen and oxygen atoms in total. The molecule has 0 atom stereocenters. The van der Waals surface area contributed by atoms with Gasteiger partial charge in [0.2, 0.25) is 0 Å². The van der Waals surface area contributed by atoms with Gasteiger partial charge < -0.3 is 9.64 Å². The maximum absolute atomic E-state index is 11.9. The van der Waals surface area contributed by atoms with Crippen LogP contribution in [0.2, 0.25) is 0 Å². The Labute approximate surface area is 106 Å². The normalized spacial score (nSPS) is 14.9. The van der Waals surface area contributed by atoms with Crippen LogP contribution in [0.4, 0.5) is 4.79 Å². The number of Topliss-reactive ketones (excluding diaryl/α,β-unsaturated/α-hetero) is 1. The Morgan fingerprint density at radius 1 is 1.22 bits per heavy atom. The van der Waals surface area contributed by atoms with Crippen molar-refractivity contribution >= 4 is 11.9 Å². The molecule has 0 spiro atoms. The Morgan fingerprint density at radius 3 is 2.61 bits per heavy atom. The van der Waals surface area contributed by atoms with Crippen LogP contribution in [0.25, 0.3) is 0 Å². The summed E-state index contributed by atoms with van der Waals surface area (Å²) >= 11 is 0. The first kappa shape index (κ1) is 12.4. The van der Waals surface area contributed by atoms with Gasteiger partial charge >= 0.3 is 6.09 Å². The van der Waals surface area contributed by atoms with Crippen molar-refractivity contribution in [3.8, 4) is 5.75 Å². The van der Waals surface area contributed by atoms with Crippen LogP contribution < -0.4 is 4.74 Å². The summed E-state index contributed by atoms with van der Waals surface area (Å²) in [6, 6.07) is 8.92. The van der Waals surface area contributed by atoms with Crippen molar-refractivity contribution in [3.05, 3.63) is 42.0 Å². The topological polar surface area (TPSA) is 46.6 Å². The van der Waals surface area contributed by atoms with E-state index in [-0.39, 0.29) is 5.78 Å². The molecule has 0 fully saturated rings. The van der Waals surface area contributed by atoms with Crippen molar-refractivity contribution in [3.63, 3.8) is 0 Å². The van der Waals surface area contributed by atoms with Gasteiger partial charge in [0.05, 0.1) is 6.54 Å². The predicted octanol–water partition coefficient (Wildman–Crippen LogP) is 2.41. The maximum atomic E-state index is 11.9. The molecular weight excluding hydrogens is 230 g/mol. The zero-order valence-electron chi connectivity index (χ0n) is 10.3. The van der Waals surface area contributed by atoms with E-state index in [9.17, 15) is 9.59 Å². The van der Waals surface area contributed by atoms with Crippen LogP contribution >= 0.6 is 0 Å². The number of rotatable bonds is 2. The predicted molar refractivity (Wildman–Crippen MR) is 67.4 cm³/mol. The molecule has 0 saturated heterocycles. The lowest BCUT2D eigenvalue weighted by molar-refractivity contribution is -0.113. The molecule has 0 aliphatic carbocycles. The highest BCUT2D eigenvalue weighted by molar-refractivity contribution is 5.94. The average Bonchev–Trinajstić information content (AvgIpc) is 2.40. The number of ether oxygens (including phenoxy) is 1. The third-order valence-corrected chi connectivity index (χ3v) is 2.81. The number of amides is 1. The Morgan fingerprint density at radius 2 is 1.94 bits per heavy atom. The Balaban J connectivity index is 1.99. The highest BCUT2D eigenvalue weighted by atomic mass is 16.6. The fourth-order valence-corrected chi connectivity index (χ4v) is 1.81. The quantitative estimate of drug-likeness (QED) is 0.803. The Hall–Kier alpha value is -2.10. The smallest absolute Gasteiger partial charge is 0.410 e. The summed E-state index contributed by atoms with van der Waals surface area (Å²) in [5.41, 5.74) is 0.672. The van der Waals surface area contributed by atoms with E-state index in [4.69, 9.17) is 4.74 Å². The van der Waals surface area contributed by atoms with E-state index in [1.165, 1.54) is 6.92 Å². The molecule has 4 heteroatoms. The third kappa shape index (κ3) is 2.97. The molecule has 1 aromatic rings. The standard InChI is InChI=1S/C14H15NO3/c1-11(16)12-6-5-9-15(10-12)14(17)18-13-7-3-2-4-8-13/h2-4,6-8H,5,9-10H2,1H3. The first-order valence-electron chi connectivity index (χ1n) is 5.88. The lowest BCUT2D eigenvalue weighted by Crippen LogP contribution is -2.38. The van der Waals surface area contributed by atoms with Gasteiger partial charge in [0, 0.05) is 12.1 Å². The minimum Gasteiger partial charge on any atom is -0.410 e. The number of ketones is 1. The number of hydrogen-bond donors (Lipinski definition) is 0. The van der Waals surface area contributed by atoms with E-state index in [0.29, 0.717) is 30.8 Å². The van der Waals surface area contributed by atoms with Gasteiger partial charge in [-0.1, -0.05) is 24.3 Å². The second kappa shape index (κ2) is 5.49. The summed E-state index contributed by atoms with van der Waals surface area (Å²) in [4.78, 5) is 24.7. The van der Waals surface area contributed by atoms with Gasteiger partial charge in [-0.25, -0.2) is 4.79 Å². The van der Waals surface area contributed by atoms with Crippen molar-refractivity contribution in [2.45, 2.75) is 13.3 Å². The molecule has 0 N–H and O–H groups in total. The molecule has 0 unspecified atom stereocenters. The summed E-state index contributed by atoms with van der Waals surface area (Å²) < 4.78 is 5.23. The minimum atomic E-state index is -0.409. The fraction of sp³-hybridized carbons (Fsp3) is 0.286. The Kier molecular flexibility index (Phi) is 3.77. The molecule has 94 valence electrons. The van der Waals surface area contributed by atoms with Crippen LogP contribution in [0.1, 0.15) is 13.3 Å². The minimum absolute atomic E-state index is 0.00668. The molecule has 0 saturated carbocycles. The fourth-order valence-electron chi connectivity index (χ4n) is 1.81. The van der Waals surface area contributed by atoms with Crippen molar-refractivity contribution in [1.82, 2.24) is 4.90 Å². The molecule has 18 heavy (non-hydrogen) atoms. The van der Waals surface area contributed by atoms with Gasteiger partial charge in [0.1, 0.15) is 5.75 Å². The second-order valence-corrected chi connectivity index (χ2v) is 4.18. The zero-order valence-corrected chi connectivity index (χ0v) is 10.3. The number of benzene rings is 1. The van der Waals surface area contributed by atoms with Crippen LogP contribution in [0.3, 0.4) is 0 Å². The van der Waals surface area contributed by atoms with E-state index in [1.54, 1.807) is 29.2 Å². The van der Waals surface area contributed by atoms with E-state index in [1.807, 2.05) is 12.1 Å². The highest BCUT2D eigenvalue weighted by Crippen LogP contribution is 2.14. The van der Waals surface area contributed by atoms with Crippen LogP contribution in [-0.4, -0.2) is 29.9 Å². The van der Waals surface area contributed by atoms with Gasteiger partial charge in [-0.05, 0) is 25.5 Å². The molecule has 1 aromatic carbocycles. The molecule has 1 heterocycles. The Bertz CT molecular complexity index is 479. The lowest BCUT2D eigenvalue weighted by atomic mass is 10.1. The summed E-state index contributed by atoms with van der Waals surface area (Å²) in [6.45, 7) is 2.43. The molecule has 2 rings (SSSR count). The van der Waals surface area contributed by atoms with Gasteiger partial charge in [0.25, 0.3) is 0 Å². The van der Waals surface area contributed by atoms with Gasteiger partial charge in [-0.3, -0.25) is 4.79 Å². The zero-order chi connectivity index (χ0) is 13.0. The molecule has 0 aromatic heterocycles. The SMILES string of the molecule is CC(=O)C1=CCCN(C(=O)Oc2ccccc2)C1. The molecule has 1 amide bonds. The van der Waals surface area contributed by atoms with Crippen LogP contribution in [0, 0.1) is 0 Å². The number of hydrogen-bond acceptors (Lipinski definition) is 3. The van der Waals surface area contributed by atoms with Crippen LogP contribution in [0.15, 0.2) is 42.0 Å². The first-order chi connectivity index (χ1) is 8.66. The molecule has 0 radical (unpaired) electrons. The lowest BCUT2D eigenvalue weighted by Gasteiger charge is -2.25. The average molecular weight is 245 g/mol. The van der Waals surface area contributed by atoms with Gasteiger partial charge in [-0.15, -0.1) is 0 Å². The molecular formula is C14H15NO3. The van der Waals surface area contributed by atoms with E-state index in [2.05, 4.69) is 0 Å². The van der Waals surface area contributed by atoms with Crippen LogP contribution in [0.5, 0.6) is 5.75 Å². The largest absolute Gasteiger partial charge is 0.415 e.